The molecule has 1 aliphatic rings. The molecule has 1 N–H and O–H groups in total. The van der Waals surface area contributed by atoms with Crippen LogP contribution >= 0.6 is 0 Å². The summed E-state index contributed by atoms with van der Waals surface area (Å²) < 4.78 is 17.3. The molecule has 1 aliphatic carbocycles. The van der Waals surface area contributed by atoms with Crippen molar-refractivity contribution in [2.45, 2.75) is 46.2 Å². The van der Waals surface area contributed by atoms with Gasteiger partial charge in [0.05, 0.1) is 19.8 Å². The number of rotatable bonds is 11. The number of amides is 2. The molecular formula is C25H32N2O5. The Morgan fingerprint density at radius 2 is 1.47 bits per heavy atom. The Morgan fingerprint density at radius 3 is 1.94 bits per heavy atom. The molecule has 0 saturated heterocycles. The summed E-state index contributed by atoms with van der Waals surface area (Å²) in [7, 11) is 1.60. The highest BCUT2D eigenvalue weighted by Gasteiger charge is 2.34. The summed E-state index contributed by atoms with van der Waals surface area (Å²) in [5, 5.41) is 2.62. The van der Waals surface area contributed by atoms with Gasteiger partial charge < -0.3 is 24.4 Å². The highest BCUT2D eigenvalue weighted by atomic mass is 16.5. The first-order valence-corrected chi connectivity index (χ1v) is 11.2. The molecular weight excluding hydrogens is 408 g/mol. The molecule has 2 amide bonds. The van der Waals surface area contributed by atoms with Crippen molar-refractivity contribution in [3.8, 4) is 17.2 Å². The zero-order chi connectivity index (χ0) is 23.1. The normalized spacial score (nSPS) is 12.8. The Morgan fingerprint density at radius 1 is 0.906 bits per heavy atom. The van der Waals surface area contributed by atoms with Gasteiger partial charge in [-0.15, -0.1) is 0 Å². The van der Waals surface area contributed by atoms with Gasteiger partial charge in [0.2, 0.25) is 5.75 Å². The lowest BCUT2D eigenvalue weighted by molar-refractivity contribution is 0.0728. The Balaban J connectivity index is 1.89. The van der Waals surface area contributed by atoms with Gasteiger partial charge in [0.1, 0.15) is 0 Å². The van der Waals surface area contributed by atoms with Gasteiger partial charge in [-0.25, -0.2) is 0 Å². The molecule has 172 valence electrons. The minimum atomic E-state index is -0.132. The molecule has 32 heavy (non-hydrogen) atoms. The first-order chi connectivity index (χ1) is 15.5. The lowest BCUT2D eigenvalue weighted by Crippen LogP contribution is -2.32. The van der Waals surface area contributed by atoms with E-state index in [1.807, 2.05) is 37.8 Å². The number of carbonyl (C=O) groups is 2. The molecule has 0 heterocycles. The number of nitrogens with zero attached hydrogens (tertiary/aromatic N) is 1. The van der Waals surface area contributed by atoms with E-state index in [0.717, 1.165) is 18.4 Å². The number of carbonyl (C=O) groups excluding carboxylic acids is 2. The molecule has 0 aromatic heterocycles. The van der Waals surface area contributed by atoms with Crippen LogP contribution in [-0.4, -0.2) is 49.6 Å². The fraction of sp³-hybridized carbons (Fsp3) is 0.440. The summed E-state index contributed by atoms with van der Waals surface area (Å²) >= 11 is 0. The Labute approximate surface area is 189 Å². The Hall–Kier alpha value is -3.22. The maximum absolute atomic E-state index is 13.5. The topological polar surface area (TPSA) is 77.1 Å². The second kappa shape index (κ2) is 10.9. The number of benzene rings is 2. The van der Waals surface area contributed by atoms with E-state index < -0.39 is 0 Å². The van der Waals surface area contributed by atoms with E-state index in [-0.39, 0.29) is 17.9 Å². The minimum absolute atomic E-state index is 0.0761. The third-order valence-corrected chi connectivity index (χ3v) is 5.20. The van der Waals surface area contributed by atoms with Crippen LogP contribution < -0.4 is 19.5 Å². The molecule has 0 spiro atoms. The van der Waals surface area contributed by atoms with Crippen molar-refractivity contribution in [3.05, 3.63) is 53.1 Å². The fourth-order valence-corrected chi connectivity index (χ4v) is 3.53. The van der Waals surface area contributed by atoms with Gasteiger partial charge in [0.25, 0.3) is 11.8 Å². The molecule has 7 nitrogen and oxygen atoms in total. The smallest absolute Gasteiger partial charge is 0.254 e. The average molecular weight is 441 g/mol. The van der Waals surface area contributed by atoms with Crippen LogP contribution in [0.25, 0.3) is 0 Å². The van der Waals surface area contributed by atoms with Gasteiger partial charge in [-0.3, -0.25) is 9.59 Å². The molecule has 1 saturated carbocycles. The van der Waals surface area contributed by atoms with E-state index in [9.17, 15) is 9.59 Å². The lowest BCUT2D eigenvalue weighted by atomic mass is 10.1. The third-order valence-electron chi connectivity index (χ3n) is 5.20. The predicted molar refractivity (Wildman–Crippen MR) is 123 cm³/mol. The van der Waals surface area contributed by atoms with Crippen molar-refractivity contribution in [1.82, 2.24) is 10.2 Å². The van der Waals surface area contributed by atoms with Crippen LogP contribution in [0.4, 0.5) is 0 Å². The highest BCUT2D eigenvalue weighted by Crippen LogP contribution is 2.40. The van der Waals surface area contributed by atoms with Crippen LogP contribution in [0.1, 0.15) is 59.9 Å². The standard InChI is InChI=1S/C25H32N2O5/c1-5-30-21-14-19(15-22(31-6-2)23(21)32-7-3)25(29)27(20-12-13-20)16-17-8-10-18(11-9-17)24(28)26-4/h8-11,14-15,20H,5-7,12-13,16H2,1-4H3,(H,26,28). The lowest BCUT2D eigenvalue weighted by Gasteiger charge is -2.24. The summed E-state index contributed by atoms with van der Waals surface area (Å²) in [5.41, 5.74) is 2.07. The van der Waals surface area contributed by atoms with Crippen molar-refractivity contribution in [2.75, 3.05) is 26.9 Å². The van der Waals surface area contributed by atoms with E-state index in [4.69, 9.17) is 14.2 Å². The van der Waals surface area contributed by atoms with Gasteiger partial charge in [0, 0.05) is 30.8 Å². The predicted octanol–water partition coefficient (Wildman–Crippen LogP) is 4.05. The van der Waals surface area contributed by atoms with E-state index >= 15 is 0 Å². The minimum Gasteiger partial charge on any atom is -0.490 e. The molecule has 3 rings (SSSR count). The van der Waals surface area contributed by atoms with E-state index in [2.05, 4.69) is 5.32 Å². The van der Waals surface area contributed by atoms with Gasteiger partial charge in [-0.2, -0.15) is 0 Å². The number of hydrogen-bond donors (Lipinski definition) is 1. The van der Waals surface area contributed by atoms with Crippen molar-refractivity contribution in [1.29, 1.82) is 0 Å². The summed E-state index contributed by atoms with van der Waals surface area (Å²) in [5.74, 6) is 1.33. The third kappa shape index (κ3) is 5.52. The molecule has 1 fully saturated rings. The second-order valence-corrected chi connectivity index (χ2v) is 7.54. The summed E-state index contributed by atoms with van der Waals surface area (Å²) in [4.78, 5) is 27.2. The largest absolute Gasteiger partial charge is 0.490 e. The highest BCUT2D eigenvalue weighted by molar-refractivity contribution is 5.96. The zero-order valence-electron chi connectivity index (χ0n) is 19.3. The average Bonchev–Trinajstić information content (AvgIpc) is 3.64. The first-order valence-electron chi connectivity index (χ1n) is 11.2. The molecule has 0 unspecified atom stereocenters. The Bertz CT molecular complexity index is 911. The maximum Gasteiger partial charge on any atom is 0.254 e. The van der Waals surface area contributed by atoms with Crippen LogP contribution in [0.3, 0.4) is 0 Å². The quantitative estimate of drug-likeness (QED) is 0.571. The zero-order valence-corrected chi connectivity index (χ0v) is 19.3. The second-order valence-electron chi connectivity index (χ2n) is 7.54. The van der Waals surface area contributed by atoms with Crippen molar-refractivity contribution < 1.29 is 23.8 Å². The fourth-order valence-electron chi connectivity index (χ4n) is 3.53. The van der Waals surface area contributed by atoms with Gasteiger partial charge in [-0.05, 0) is 63.4 Å². The van der Waals surface area contributed by atoms with E-state index in [1.54, 1.807) is 31.3 Å². The summed E-state index contributed by atoms with van der Waals surface area (Å²) in [6.07, 6.45) is 1.96. The first kappa shape index (κ1) is 23.4. The van der Waals surface area contributed by atoms with Crippen LogP contribution in [0.15, 0.2) is 36.4 Å². The molecule has 7 heteroatoms. The monoisotopic (exact) mass is 440 g/mol. The van der Waals surface area contributed by atoms with Crippen LogP contribution in [0.5, 0.6) is 17.2 Å². The van der Waals surface area contributed by atoms with Crippen LogP contribution in [0, 0.1) is 0 Å². The SMILES string of the molecule is CCOc1cc(C(=O)N(Cc2ccc(C(=O)NC)cc2)C2CC2)cc(OCC)c1OCC. The van der Waals surface area contributed by atoms with Crippen molar-refractivity contribution in [2.24, 2.45) is 0 Å². The van der Waals surface area contributed by atoms with E-state index in [1.165, 1.54) is 0 Å². The number of hydrogen-bond acceptors (Lipinski definition) is 5. The summed E-state index contributed by atoms with van der Waals surface area (Å²) in [6, 6.07) is 11.0. The number of ether oxygens (including phenoxy) is 3. The van der Waals surface area contributed by atoms with Gasteiger partial charge in [0.15, 0.2) is 11.5 Å². The number of nitrogens with one attached hydrogen (secondary N) is 1. The maximum atomic E-state index is 13.5. The van der Waals surface area contributed by atoms with Crippen molar-refractivity contribution in [3.63, 3.8) is 0 Å². The molecule has 2 aromatic rings. The molecule has 2 aromatic carbocycles. The van der Waals surface area contributed by atoms with Gasteiger partial charge in [-0.1, -0.05) is 12.1 Å². The Kier molecular flexibility index (Phi) is 7.98. The molecule has 0 radical (unpaired) electrons. The van der Waals surface area contributed by atoms with Crippen LogP contribution in [-0.2, 0) is 6.54 Å². The molecule has 0 bridgehead atoms. The van der Waals surface area contributed by atoms with Crippen molar-refractivity contribution >= 4 is 11.8 Å². The van der Waals surface area contributed by atoms with E-state index in [0.29, 0.717) is 54.7 Å². The summed E-state index contributed by atoms with van der Waals surface area (Å²) in [6.45, 7) is 7.52. The van der Waals surface area contributed by atoms with Crippen LogP contribution in [0.2, 0.25) is 0 Å². The van der Waals surface area contributed by atoms with Gasteiger partial charge >= 0.3 is 0 Å². The molecule has 0 aliphatic heterocycles. The molecule has 0 atom stereocenters.